The molecule has 210 valence electrons. The molecule has 0 aliphatic carbocycles. The van der Waals surface area contributed by atoms with Crippen molar-refractivity contribution in [1.82, 2.24) is 34.4 Å². The molecule has 11 nitrogen and oxygen atoms in total. The number of alkyl halides is 1. The van der Waals surface area contributed by atoms with E-state index in [1.54, 1.807) is 30.3 Å². The Hall–Kier alpha value is -4.58. The Morgan fingerprint density at radius 3 is 2.71 bits per heavy atom. The summed E-state index contributed by atoms with van der Waals surface area (Å²) in [4.78, 5) is 22.2. The topological polar surface area (TPSA) is 106 Å². The van der Waals surface area contributed by atoms with Gasteiger partial charge in [-0.3, -0.25) is 4.90 Å². The SMILES string of the molecule is COc1ccc2ncnc(Nc3ccc(Oc4cc5ncnn5cn4)c(C)c3)c2c1N1CC2(C[C@@H](F)CCN2C)C1. The van der Waals surface area contributed by atoms with Gasteiger partial charge in [0.05, 0.1) is 29.2 Å². The minimum atomic E-state index is -0.764. The number of likely N-dealkylation sites (N-methyl/N-ethyl adjacent to an activating group) is 1. The number of methoxy groups -OCH3 is 1. The Kier molecular flexibility index (Phi) is 6.07. The molecule has 0 unspecified atom stereocenters. The van der Waals surface area contributed by atoms with Gasteiger partial charge in [-0.1, -0.05) is 0 Å². The first kappa shape index (κ1) is 25.4. The zero-order chi connectivity index (χ0) is 28.1. The van der Waals surface area contributed by atoms with Gasteiger partial charge in [-0.2, -0.15) is 5.10 Å². The molecule has 41 heavy (non-hydrogen) atoms. The number of nitrogens with zero attached hydrogens (tertiary/aromatic N) is 8. The average molecular weight is 556 g/mol. The van der Waals surface area contributed by atoms with E-state index in [1.807, 2.05) is 37.3 Å². The van der Waals surface area contributed by atoms with Gasteiger partial charge in [-0.25, -0.2) is 28.8 Å². The highest BCUT2D eigenvalue weighted by Crippen LogP contribution is 2.46. The second-order valence-corrected chi connectivity index (χ2v) is 10.8. The van der Waals surface area contributed by atoms with Crippen LogP contribution in [0.2, 0.25) is 0 Å². The van der Waals surface area contributed by atoms with E-state index in [1.165, 1.54) is 6.33 Å². The first-order chi connectivity index (χ1) is 19.9. The molecule has 2 aliphatic heterocycles. The molecule has 3 aromatic heterocycles. The molecule has 0 bridgehead atoms. The third kappa shape index (κ3) is 4.44. The van der Waals surface area contributed by atoms with Crippen LogP contribution >= 0.6 is 0 Å². The van der Waals surface area contributed by atoms with Crippen molar-refractivity contribution in [1.29, 1.82) is 0 Å². The molecule has 2 fully saturated rings. The van der Waals surface area contributed by atoms with Crippen LogP contribution < -0.4 is 19.7 Å². The number of aryl methyl sites for hydroxylation is 1. The number of likely N-dealkylation sites (tertiary alicyclic amines) is 1. The number of hydrogen-bond donors (Lipinski definition) is 1. The number of halogens is 1. The number of benzene rings is 2. The summed E-state index contributed by atoms with van der Waals surface area (Å²) in [5, 5.41) is 8.41. The summed E-state index contributed by atoms with van der Waals surface area (Å²) < 4.78 is 27.8. The first-order valence-corrected chi connectivity index (χ1v) is 13.6. The van der Waals surface area contributed by atoms with Crippen LogP contribution in [0.1, 0.15) is 18.4 Å². The van der Waals surface area contributed by atoms with Gasteiger partial charge < -0.3 is 19.7 Å². The maximum absolute atomic E-state index is 14.4. The molecule has 5 heterocycles. The summed E-state index contributed by atoms with van der Waals surface area (Å²) in [6, 6.07) is 11.4. The van der Waals surface area contributed by atoms with Gasteiger partial charge in [-0.15, -0.1) is 0 Å². The van der Waals surface area contributed by atoms with Crippen molar-refractivity contribution in [3.8, 4) is 17.4 Å². The maximum atomic E-state index is 14.4. The molecule has 5 aromatic rings. The summed E-state index contributed by atoms with van der Waals surface area (Å²) in [7, 11) is 3.76. The zero-order valence-corrected chi connectivity index (χ0v) is 23.1. The molecule has 1 N–H and O–H groups in total. The van der Waals surface area contributed by atoms with E-state index in [2.05, 4.69) is 47.2 Å². The predicted octanol–water partition coefficient (Wildman–Crippen LogP) is 4.54. The van der Waals surface area contributed by atoms with Gasteiger partial charge in [0.25, 0.3) is 0 Å². The lowest BCUT2D eigenvalue weighted by molar-refractivity contribution is 0.00723. The third-order valence-electron chi connectivity index (χ3n) is 8.23. The van der Waals surface area contributed by atoms with Crippen molar-refractivity contribution >= 4 is 33.7 Å². The molecule has 0 radical (unpaired) electrons. The van der Waals surface area contributed by atoms with Crippen LogP contribution in [0.25, 0.3) is 16.6 Å². The number of ether oxygens (including phenoxy) is 2. The third-order valence-corrected chi connectivity index (χ3v) is 8.23. The summed E-state index contributed by atoms with van der Waals surface area (Å²) in [5.74, 6) is 2.51. The maximum Gasteiger partial charge on any atom is 0.224 e. The fourth-order valence-electron chi connectivity index (χ4n) is 5.98. The largest absolute Gasteiger partial charge is 0.495 e. The van der Waals surface area contributed by atoms with Crippen molar-refractivity contribution < 1.29 is 13.9 Å². The van der Waals surface area contributed by atoms with Crippen molar-refractivity contribution in [2.24, 2.45) is 0 Å². The monoisotopic (exact) mass is 555 g/mol. The molecule has 0 saturated carbocycles. The summed E-state index contributed by atoms with van der Waals surface area (Å²) in [5.41, 5.74) is 3.96. The molecule has 2 aliphatic rings. The quantitative estimate of drug-likeness (QED) is 0.321. The van der Waals surface area contributed by atoms with E-state index in [-0.39, 0.29) is 5.54 Å². The van der Waals surface area contributed by atoms with E-state index in [0.29, 0.717) is 49.0 Å². The highest BCUT2D eigenvalue weighted by Gasteiger charge is 2.50. The molecule has 0 amide bonds. The van der Waals surface area contributed by atoms with Gasteiger partial charge in [-0.05, 0) is 56.3 Å². The number of aromatic nitrogens is 6. The second kappa shape index (κ2) is 9.81. The highest BCUT2D eigenvalue weighted by atomic mass is 19.1. The summed E-state index contributed by atoms with van der Waals surface area (Å²) >= 11 is 0. The molecule has 1 spiro atoms. The molecule has 2 aromatic carbocycles. The lowest BCUT2D eigenvalue weighted by atomic mass is 9.79. The van der Waals surface area contributed by atoms with E-state index < -0.39 is 6.17 Å². The average Bonchev–Trinajstić information content (AvgIpc) is 3.42. The standard InChI is InChI=1S/C29H30FN9O2/c1-18-10-20(4-6-22(18)41-25-11-24-32-16-35-39(24)17-34-25)36-28-26-21(31-15-33-28)5-7-23(40-3)27(26)38-13-29(14-38)12-19(30)8-9-37(29)2/h4-7,10-11,15-17,19H,8-9,12-14H2,1-3H3,(H,31,33,36)/t19-/m0/s1. The van der Waals surface area contributed by atoms with Crippen LogP contribution in [-0.2, 0) is 0 Å². The predicted molar refractivity (Wildman–Crippen MR) is 153 cm³/mol. The van der Waals surface area contributed by atoms with E-state index in [4.69, 9.17) is 9.47 Å². The van der Waals surface area contributed by atoms with Gasteiger partial charge in [0.15, 0.2) is 5.65 Å². The highest BCUT2D eigenvalue weighted by molar-refractivity contribution is 6.03. The lowest BCUT2D eigenvalue weighted by Gasteiger charge is -2.58. The fourth-order valence-corrected chi connectivity index (χ4v) is 5.98. The Labute approximate surface area is 236 Å². The molecule has 2 saturated heterocycles. The lowest BCUT2D eigenvalue weighted by Crippen LogP contribution is -2.72. The second-order valence-electron chi connectivity index (χ2n) is 10.8. The molecule has 12 heteroatoms. The van der Waals surface area contributed by atoms with E-state index in [0.717, 1.165) is 40.1 Å². The van der Waals surface area contributed by atoms with Crippen LogP contribution in [-0.4, -0.2) is 80.0 Å². The summed E-state index contributed by atoms with van der Waals surface area (Å²) in [6.45, 7) is 4.17. The Morgan fingerprint density at radius 1 is 1.02 bits per heavy atom. The van der Waals surface area contributed by atoms with Gasteiger partial charge >= 0.3 is 0 Å². The zero-order valence-electron chi connectivity index (χ0n) is 23.1. The van der Waals surface area contributed by atoms with Crippen LogP contribution in [0.4, 0.5) is 21.6 Å². The minimum Gasteiger partial charge on any atom is -0.495 e. The van der Waals surface area contributed by atoms with Crippen LogP contribution in [0.15, 0.2) is 55.4 Å². The Balaban J connectivity index is 1.18. The Morgan fingerprint density at radius 2 is 1.88 bits per heavy atom. The first-order valence-electron chi connectivity index (χ1n) is 13.6. The number of piperidine rings is 1. The van der Waals surface area contributed by atoms with Gasteiger partial charge in [0.2, 0.25) is 5.88 Å². The van der Waals surface area contributed by atoms with Gasteiger partial charge in [0, 0.05) is 37.8 Å². The van der Waals surface area contributed by atoms with Crippen molar-refractivity contribution in [3.05, 3.63) is 60.9 Å². The molecular formula is C29H30FN9O2. The van der Waals surface area contributed by atoms with E-state index in [9.17, 15) is 4.39 Å². The normalized spacial score (nSPS) is 18.5. The van der Waals surface area contributed by atoms with Crippen molar-refractivity contribution in [2.75, 3.05) is 44.0 Å². The summed E-state index contributed by atoms with van der Waals surface area (Å²) in [6.07, 6.45) is 4.96. The number of anilines is 3. The molecule has 7 rings (SSSR count). The molecular weight excluding hydrogens is 525 g/mol. The van der Waals surface area contributed by atoms with Crippen molar-refractivity contribution in [2.45, 2.75) is 31.5 Å². The van der Waals surface area contributed by atoms with Crippen LogP contribution in [0, 0.1) is 6.92 Å². The van der Waals surface area contributed by atoms with Crippen molar-refractivity contribution in [3.63, 3.8) is 0 Å². The number of hydrogen-bond acceptors (Lipinski definition) is 10. The van der Waals surface area contributed by atoms with E-state index >= 15 is 0 Å². The minimum absolute atomic E-state index is 0.172. The number of fused-ring (bicyclic) bond motifs is 2. The number of nitrogens with one attached hydrogen (secondary N) is 1. The Bertz CT molecular complexity index is 1750. The fraction of sp³-hybridized carbons (Fsp3) is 0.345. The van der Waals surface area contributed by atoms with Crippen LogP contribution in [0.3, 0.4) is 0 Å². The van der Waals surface area contributed by atoms with Gasteiger partial charge in [0.1, 0.15) is 42.5 Å². The van der Waals surface area contributed by atoms with Crippen LogP contribution in [0.5, 0.6) is 17.4 Å². The number of rotatable bonds is 6. The molecule has 1 atom stereocenters. The smallest absolute Gasteiger partial charge is 0.224 e.